The summed E-state index contributed by atoms with van der Waals surface area (Å²) in [5.41, 5.74) is 1.21. The first-order chi connectivity index (χ1) is 14.3. The summed E-state index contributed by atoms with van der Waals surface area (Å²) < 4.78 is 27.1. The van der Waals surface area contributed by atoms with E-state index in [1.807, 2.05) is 0 Å². The molecular formula is C19H13ClN4O4S2. The van der Waals surface area contributed by atoms with Crippen LogP contribution in [0.15, 0.2) is 74.4 Å². The van der Waals surface area contributed by atoms with Crippen molar-refractivity contribution in [1.82, 2.24) is 4.98 Å². The third-order valence-corrected chi connectivity index (χ3v) is 7.11. The lowest BCUT2D eigenvalue weighted by atomic mass is 10.2. The number of carbonyl (C=O) groups excluding carboxylic acids is 1. The van der Waals surface area contributed by atoms with Crippen LogP contribution in [0.3, 0.4) is 0 Å². The Balaban J connectivity index is 1.52. The van der Waals surface area contributed by atoms with E-state index in [1.54, 1.807) is 29.6 Å². The number of amides is 1. The Morgan fingerprint density at radius 1 is 1.13 bits per heavy atom. The normalized spacial score (nSPS) is 11.9. The number of azo groups is 1. The molecule has 0 saturated carbocycles. The minimum Gasteiger partial charge on any atom is -0.493 e. The molecule has 1 amide bonds. The van der Waals surface area contributed by atoms with Gasteiger partial charge in [0.05, 0.1) is 5.52 Å². The molecule has 2 aromatic carbocycles. The molecule has 11 heteroatoms. The Hall–Kier alpha value is -3.21. The number of thiophene rings is 1. The van der Waals surface area contributed by atoms with Crippen LogP contribution in [-0.2, 0) is 10.0 Å². The van der Waals surface area contributed by atoms with Crippen LogP contribution in [0.4, 0.5) is 11.4 Å². The number of hydrogen-bond donors (Lipinski definition) is 3. The van der Waals surface area contributed by atoms with Crippen LogP contribution in [0, 0.1) is 0 Å². The van der Waals surface area contributed by atoms with Crippen molar-refractivity contribution in [3.8, 4) is 5.88 Å². The van der Waals surface area contributed by atoms with Crippen molar-refractivity contribution >= 4 is 61.1 Å². The van der Waals surface area contributed by atoms with Crippen LogP contribution in [0.2, 0.25) is 5.02 Å². The fourth-order valence-corrected chi connectivity index (χ4v) is 4.92. The summed E-state index contributed by atoms with van der Waals surface area (Å²) in [7, 11) is -3.67. The number of aromatic nitrogens is 1. The Labute approximate surface area is 179 Å². The molecule has 4 aromatic rings. The summed E-state index contributed by atoms with van der Waals surface area (Å²) in [4.78, 5) is 15.0. The third-order valence-electron chi connectivity index (χ3n) is 4.10. The topological polar surface area (TPSA) is 124 Å². The van der Waals surface area contributed by atoms with Crippen LogP contribution in [0.5, 0.6) is 5.88 Å². The molecule has 8 nitrogen and oxygen atoms in total. The highest BCUT2D eigenvalue weighted by Gasteiger charge is 2.16. The summed E-state index contributed by atoms with van der Waals surface area (Å²) in [5, 5.41) is 20.1. The van der Waals surface area contributed by atoms with E-state index in [0.29, 0.717) is 21.6 Å². The van der Waals surface area contributed by atoms with Gasteiger partial charge in [0.15, 0.2) is 5.69 Å². The second kappa shape index (κ2) is 7.90. The number of benzene rings is 2. The minimum absolute atomic E-state index is 0.0983. The fourth-order valence-electron chi connectivity index (χ4n) is 2.69. The molecule has 2 aromatic heterocycles. The number of nitrogens with one attached hydrogen (secondary N) is 2. The molecule has 0 unspecified atom stereocenters. The Bertz CT molecular complexity index is 1360. The summed E-state index contributed by atoms with van der Waals surface area (Å²) in [6.07, 6.45) is 0. The smallest absolute Gasteiger partial charge is 0.295 e. The van der Waals surface area contributed by atoms with E-state index in [0.717, 1.165) is 11.3 Å². The molecule has 0 radical (unpaired) electrons. The second-order valence-corrected chi connectivity index (χ2v) is 9.43. The van der Waals surface area contributed by atoms with Gasteiger partial charge in [-0.05, 0) is 53.9 Å². The van der Waals surface area contributed by atoms with Gasteiger partial charge in [-0.2, -0.15) is 0 Å². The van der Waals surface area contributed by atoms with Crippen molar-refractivity contribution in [2.24, 2.45) is 10.2 Å². The van der Waals surface area contributed by atoms with Crippen LogP contribution < -0.4 is 4.72 Å². The highest BCUT2D eigenvalue weighted by atomic mass is 35.5. The van der Waals surface area contributed by atoms with Gasteiger partial charge in [-0.3, -0.25) is 9.52 Å². The molecule has 0 aliphatic heterocycles. The van der Waals surface area contributed by atoms with Crippen LogP contribution in [0.1, 0.15) is 10.4 Å². The Morgan fingerprint density at radius 3 is 2.60 bits per heavy atom. The van der Waals surface area contributed by atoms with Gasteiger partial charge >= 0.3 is 0 Å². The first-order valence-electron chi connectivity index (χ1n) is 8.46. The van der Waals surface area contributed by atoms with Crippen molar-refractivity contribution in [3.05, 3.63) is 70.6 Å². The summed E-state index contributed by atoms with van der Waals surface area (Å²) in [6, 6.07) is 13.8. The Kier molecular flexibility index (Phi) is 5.29. The van der Waals surface area contributed by atoms with Gasteiger partial charge in [0, 0.05) is 21.7 Å². The van der Waals surface area contributed by atoms with Crippen molar-refractivity contribution in [2.75, 3.05) is 4.72 Å². The number of hydrogen-bond acceptors (Lipinski definition) is 6. The monoisotopic (exact) mass is 460 g/mol. The van der Waals surface area contributed by atoms with Gasteiger partial charge in [0.1, 0.15) is 4.21 Å². The number of carbonyl (C=O) groups is 1. The highest BCUT2D eigenvalue weighted by molar-refractivity contribution is 7.94. The van der Waals surface area contributed by atoms with Gasteiger partial charge in [0.2, 0.25) is 5.88 Å². The number of anilines is 1. The number of fused-ring (bicyclic) bond motifs is 1. The molecule has 0 atom stereocenters. The maximum atomic E-state index is 12.3. The molecule has 2 heterocycles. The largest absolute Gasteiger partial charge is 0.493 e. The average Bonchev–Trinajstić information content (AvgIpc) is 3.35. The predicted molar refractivity (Wildman–Crippen MR) is 115 cm³/mol. The van der Waals surface area contributed by atoms with E-state index >= 15 is 0 Å². The molecule has 0 spiro atoms. The quantitative estimate of drug-likeness (QED) is 0.349. The van der Waals surface area contributed by atoms with Gasteiger partial charge in [-0.1, -0.05) is 17.7 Å². The zero-order valence-electron chi connectivity index (χ0n) is 15.0. The summed E-state index contributed by atoms with van der Waals surface area (Å²) in [5.74, 6) is -0.888. The number of rotatable bonds is 5. The molecule has 0 bridgehead atoms. The van der Waals surface area contributed by atoms with Crippen molar-refractivity contribution < 1.29 is 18.3 Å². The lowest BCUT2D eigenvalue weighted by molar-refractivity contribution is 0.0995. The fraction of sp³-hybridized carbons (Fsp3) is 0. The van der Waals surface area contributed by atoms with Crippen molar-refractivity contribution in [1.29, 1.82) is 0 Å². The number of nitrogens with zero attached hydrogens (tertiary/aromatic N) is 2. The molecule has 30 heavy (non-hydrogen) atoms. The van der Waals surface area contributed by atoms with Crippen molar-refractivity contribution in [3.63, 3.8) is 0 Å². The lowest BCUT2D eigenvalue weighted by Gasteiger charge is -2.06. The summed E-state index contributed by atoms with van der Waals surface area (Å²) >= 11 is 7.07. The zero-order chi connectivity index (χ0) is 21.3. The standard InChI is InChI=1S/C19H13ClN4O4S2/c20-12-5-8-15-14(10-12)17(19(26)21-15)22-23-18(25)11-3-6-13(7-4-11)24-30(27,28)16-2-1-9-29-16/h1-10,21,24,26H. The van der Waals surface area contributed by atoms with E-state index in [9.17, 15) is 18.3 Å². The minimum atomic E-state index is -3.67. The number of aromatic amines is 1. The van der Waals surface area contributed by atoms with Crippen LogP contribution in [0.25, 0.3) is 10.9 Å². The Morgan fingerprint density at radius 2 is 1.90 bits per heavy atom. The molecule has 0 fully saturated rings. The van der Waals surface area contributed by atoms with E-state index in [-0.39, 0.29) is 21.3 Å². The molecule has 3 N–H and O–H groups in total. The lowest BCUT2D eigenvalue weighted by Crippen LogP contribution is -2.11. The van der Waals surface area contributed by atoms with Crippen molar-refractivity contribution in [2.45, 2.75) is 4.21 Å². The van der Waals surface area contributed by atoms with Gasteiger partial charge in [-0.15, -0.1) is 21.6 Å². The number of H-pyrrole nitrogens is 1. The molecule has 0 saturated heterocycles. The predicted octanol–water partition coefficient (Wildman–Crippen LogP) is 5.31. The maximum Gasteiger partial charge on any atom is 0.295 e. The molecule has 0 aliphatic rings. The SMILES string of the molecule is O=C(N=Nc1c(O)[nH]c2ccc(Cl)cc12)c1ccc(NS(=O)(=O)c2cccs2)cc1. The highest BCUT2D eigenvalue weighted by Crippen LogP contribution is 2.36. The van der Waals surface area contributed by atoms with Crippen LogP contribution >= 0.6 is 22.9 Å². The molecule has 0 aliphatic carbocycles. The van der Waals surface area contributed by atoms with E-state index < -0.39 is 15.9 Å². The maximum absolute atomic E-state index is 12.3. The van der Waals surface area contributed by atoms with Gasteiger partial charge in [0.25, 0.3) is 15.9 Å². The van der Waals surface area contributed by atoms with E-state index in [4.69, 9.17) is 11.6 Å². The van der Waals surface area contributed by atoms with E-state index in [2.05, 4.69) is 19.9 Å². The second-order valence-electron chi connectivity index (χ2n) is 6.13. The van der Waals surface area contributed by atoms with E-state index in [1.165, 1.54) is 30.3 Å². The van der Waals surface area contributed by atoms with Crippen LogP contribution in [-0.4, -0.2) is 24.4 Å². The number of halogens is 1. The first kappa shape index (κ1) is 20.1. The average molecular weight is 461 g/mol. The summed E-state index contributed by atoms with van der Waals surface area (Å²) in [6.45, 7) is 0. The molecule has 152 valence electrons. The molecule has 4 rings (SSSR count). The first-order valence-corrected chi connectivity index (χ1v) is 11.2. The third kappa shape index (κ3) is 4.06. The van der Waals surface area contributed by atoms with Gasteiger partial charge in [-0.25, -0.2) is 8.42 Å². The molecular weight excluding hydrogens is 448 g/mol. The number of aromatic hydroxyl groups is 1. The van der Waals surface area contributed by atoms with Gasteiger partial charge < -0.3 is 10.1 Å². The zero-order valence-corrected chi connectivity index (χ0v) is 17.4. The number of sulfonamides is 1.